The Hall–Kier alpha value is -1.74. The summed E-state index contributed by atoms with van der Waals surface area (Å²) in [6.45, 7) is 4.10. The molecular formula is C17H19NOS. The zero-order valence-corrected chi connectivity index (χ0v) is 12.9. The van der Waals surface area contributed by atoms with Crippen molar-refractivity contribution in [3.8, 4) is 0 Å². The van der Waals surface area contributed by atoms with Crippen LogP contribution < -0.4 is 4.90 Å². The topological polar surface area (TPSA) is 20.3 Å². The van der Waals surface area contributed by atoms with Crippen LogP contribution in [0.25, 0.3) is 0 Å². The van der Waals surface area contributed by atoms with Gasteiger partial charge in [0.25, 0.3) is 0 Å². The molecule has 0 fully saturated rings. The second-order valence-electron chi connectivity index (χ2n) is 4.90. The van der Waals surface area contributed by atoms with Gasteiger partial charge < -0.3 is 4.90 Å². The molecular weight excluding hydrogens is 266 g/mol. The number of thioether (sulfide) groups is 1. The SMILES string of the molecule is Cc1cc(C)cc(N(C)C(=O)CSc2ccccc2)c1. The highest BCUT2D eigenvalue weighted by Gasteiger charge is 2.11. The van der Waals surface area contributed by atoms with Crippen molar-refractivity contribution in [3.05, 3.63) is 59.7 Å². The first-order chi connectivity index (χ1) is 9.56. The molecule has 2 aromatic rings. The number of anilines is 1. The van der Waals surface area contributed by atoms with Crippen molar-refractivity contribution in [1.82, 2.24) is 0 Å². The Kier molecular flexibility index (Phi) is 4.85. The molecule has 0 heterocycles. The maximum absolute atomic E-state index is 12.2. The number of nitrogens with zero attached hydrogens (tertiary/aromatic N) is 1. The van der Waals surface area contributed by atoms with Gasteiger partial charge in [-0.3, -0.25) is 4.79 Å². The summed E-state index contributed by atoms with van der Waals surface area (Å²) in [5.41, 5.74) is 3.31. The fourth-order valence-corrected chi connectivity index (χ4v) is 2.88. The fourth-order valence-electron chi connectivity index (χ4n) is 2.05. The first-order valence-corrected chi connectivity index (χ1v) is 7.57. The molecule has 0 unspecified atom stereocenters. The molecule has 0 aliphatic heterocycles. The molecule has 0 bridgehead atoms. The highest BCUT2D eigenvalue weighted by Crippen LogP contribution is 2.21. The predicted molar refractivity (Wildman–Crippen MR) is 86.5 cm³/mol. The quantitative estimate of drug-likeness (QED) is 0.790. The monoisotopic (exact) mass is 285 g/mol. The molecule has 2 rings (SSSR count). The number of rotatable bonds is 4. The molecule has 0 aromatic heterocycles. The van der Waals surface area contributed by atoms with Crippen LogP contribution in [0.2, 0.25) is 0 Å². The lowest BCUT2D eigenvalue weighted by molar-refractivity contribution is -0.115. The van der Waals surface area contributed by atoms with Gasteiger partial charge in [0.2, 0.25) is 5.91 Å². The average Bonchev–Trinajstić information content (AvgIpc) is 2.44. The molecule has 0 saturated carbocycles. The van der Waals surface area contributed by atoms with Crippen LogP contribution in [0.1, 0.15) is 11.1 Å². The molecule has 0 N–H and O–H groups in total. The number of hydrogen-bond donors (Lipinski definition) is 0. The van der Waals surface area contributed by atoms with E-state index < -0.39 is 0 Å². The Morgan fingerprint density at radius 1 is 1.05 bits per heavy atom. The van der Waals surface area contributed by atoms with E-state index in [0.29, 0.717) is 5.75 Å². The second-order valence-corrected chi connectivity index (χ2v) is 5.95. The average molecular weight is 285 g/mol. The van der Waals surface area contributed by atoms with E-state index in [9.17, 15) is 4.79 Å². The van der Waals surface area contributed by atoms with E-state index in [4.69, 9.17) is 0 Å². The highest BCUT2D eigenvalue weighted by molar-refractivity contribution is 8.00. The van der Waals surface area contributed by atoms with Crippen LogP contribution in [0.4, 0.5) is 5.69 Å². The molecule has 20 heavy (non-hydrogen) atoms. The standard InChI is InChI=1S/C17H19NOS/c1-13-9-14(2)11-15(10-13)18(3)17(19)12-20-16-7-5-4-6-8-16/h4-11H,12H2,1-3H3. The van der Waals surface area contributed by atoms with Crippen LogP contribution in [0.3, 0.4) is 0 Å². The van der Waals surface area contributed by atoms with Gasteiger partial charge in [-0.15, -0.1) is 11.8 Å². The van der Waals surface area contributed by atoms with Crippen LogP contribution in [-0.2, 0) is 4.79 Å². The van der Waals surface area contributed by atoms with Gasteiger partial charge >= 0.3 is 0 Å². The van der Waals surface area contributed by atoms with Gasteiger partial charge in [0, 0.05) is 17.6 Å². The second kappa shape index (κ2) is 6.62. The normalized spacial score (nSPS) is 10.3. The molecule has 104 valence electrons. The van der Waals surface area contributed by atoms with Crippen LogP contribution in [0.15, 0.2) is 53.4 Å². The smallest absolute Gasteiger partial charge is 0.237 e. The minimum absolute atomic E-state index is 0.115. The largest absolute Gasteiger partial charge is 0.315 e. The van der Waals surface area contributed by atoms with Crippen LogP contribution >= 0.6 is 11.8 Å². The number of carbonyl (C=O) groups is 1. The zero-order valence-electron chi connectivity index (χ0n) is 12.1. The molecule has 1 amide bonds. The number of hydrogen-bond acceptors (Lipinski definition) is 2. The van der Waals surface area contributed by atoms with Gasteiger partial charge in [0.15, 0.2) is 0 Å². The molecule has 2 nitrogen and oxygen atoms in total. The zero-order chi connectivity index (χ0) is 14.5. The minimum atomic E-state index is 0.115. The number of amides is 1. The molecule has 0 aliphatic rings. The van der Waals surface area contributed by atoms with E-state index >= 15 is 0 Å². The van der Waals surface area contributed by atoms with Gasteiger partial charge in [0.05, 0.1) is 5.75 Å². The number of aryl methyl sites for hydroxylation is 2. The molecule has 0 spiro atoms. The molecule has 0 aliphatic carbocycles. The van der Waals surface area contributed by atoms with Gasteiger partial charge in [0.1, 0.15) is 0 Å². The molecule has 3 heteroatoms. The molecule has 0 radical (unpaired) electrons. The summed E-state index contributed by atoms with van der Waals surface area (Å²) < 4.78 is 0. The third-order valence-electron chi connectivity index (χ3n) is 3.07. The molecule has 2 aromatic carbocycles. The maximum Gasteiger partial charge on any atom is 0.237 e. The van der Waals surface area contributed by atoms with Crippen molar-refractivity contribution in [2.45, 2.75) is 18.7 Å². The lowest BCUT2D eigenvalue weighted by Crippen LogP contribution is -2.28. The summed E-state index contributed by atoms with van der Waals surface area (Å²) in [5.74, 6) is 0.567. The van der Waals surface area contributed by atoms with Crippen molar-refractivity contribution in [1.29, 1.82) is 0 Å². The van der Waals surface area contributed by atoms with Crippen LogP contribution in [-0.4, -0.2) is 18.7 Å². The predicted octanol–water partition coefficient (Wildman–Crippen LogP) is 4.06. The summed E-state index contributed by atoms with van der Waals surface area (Å²) in [5, 5.41) is 0. The van der Waals surface area contributed by atoms with E-state index in [0.717, 1.165) is 10.6 Å². The summed E-state index contributed by atoms with van der Waals surface area (Å²) in [4.78, 5) is 15.1. The lowest BCUT2D eigenvalue weighted by Gasteiger charge is -2.18. The first-order valence-electron chi connectivity index (χ1n) is 6.59. The Morgan fingerprint density at radius 2 is 1.65 bits per heavy atom. The summed E-state index contributed by atoms with van der Waals surface area (Å²) in [6, 6.07) is 16.2. The minimum Gasteiger partial charge on any atom is -0.315 e. The summed E-state index contributed by atoms with van der Waals surface area (Å²) in [7, 11) is 1.84. The van der Waals surface area contributed by atoms with Crippen molar-refractivity contribution in [3.63, 3.8) is 0 Å². The van der Waals surface area contributed by atoms with E-state index in [1.165, 1.54) is 11.1 Å². The third-order valence-corrected chi connectivity index (χ3v) is 4.07. The van der Waals surface area contributed by atoms with Gasteiger partial charge in [-0.25, -0.2) is 0 Å². The van der Waals surface area contributed by atoms with Crippen molar-refractivity contribution < 1.29 is 4.79 Å². The van der Waals surface area contributed by atoms with Crippen LogP contribution in [0, 0.1) is 13.8 Å². The van der Waals surface area contributed by atoms with Crippen LogP contribution in [0.5, 0.6) is 0 Å². The molecule has 0 saturated heterocycles. The number of carbonyl (C=O) groups excluding carboxylic acids is 1. The van der Waals surface area contributed by atoms with Crippen molar-refractivity contribution in [2.24, 2.45) is 0 Å². The number of benzene rings is 2. The third kappa shape index (κ3) is 3.87. The first kappa shape index (κ1) is 14.7. The Balaban J connectivity index is 2.01. The van der Waals surface area contributed by atoms with E-state index in [-0.39, 0.29) is 5.91 Å². The summed E-state index contributed by atoms with van der Waals surface area (Å²) >= 11 is 1.57. The highest BCUT2D eigenvalue weighted by atomic mass is 32.2. The lowest BCUT2D eigenvalue weighted by atomic mass is 10.1. The van der Waals surface area contributed by atoms with E-state index in [1.54, 1.807) is 16.7 Å². The summed E-state index contributed by atoms with van der Waals surface area (Å²) in [6.07, 6.45) is 0. The van der Waals surface area contributed by atoms with Crippen molar-refractivity contribution >= 4 is 23.4 Å². The Morgan fingerprint density at radius 3 is 2.25 bits per heavy atom. The fraction of sp³-hybridized carbons (Fsp3) is 0.235. The van der Waals surface area contributed by atoms with Gasteiger partial charge in [-0.05, 0) is 49.2 Å². The van der Waals surface area contributed by atoms with Gasteiger partial charge in [-0.2, -0.15) is 0 Å². The maximum atomic E-state index is 12.2. The van der Waals surface area contributed by atoms with Gasteiger partial charge in [-0.1, -0.05) is 24.3 Å². The Bertz CT molecular complexity index is 575. The van der Waals surface area contributed by atoms with E-state index in [1.807, 2.05) is 63.4 Å². The molecule has 0 atom stereocenters. The Labute approximate surface area is 124 Å². The van der Waals surface area contributed by atoms with Crippen molar-refractivity contribution in [2.75, 3.05) is 17.7 Å². The van der Waals surface area contributed by atoms with E-state index in [2.05, 4.69) is 6.07 Å².